The molecule has 3 fully saturated rings. The van der Waals surface area contributed by atoms with Gasteiger partial charge in [0.1, 0.15) is 6.61 Å². The van der Waals surface area contributed by atoms with E-state index in [9.17, 15) is 14.4 Å². The Balaban J connectivity index is 1.36. The van der Waals surface area contributed by atoms with E-state index in [4.69, 9.17) is 4.74 Å². The van der Waals surface area contributed by atoms with E-state index in [0.29, 0.717) is 37.8 Å². The monoisotopic (exact) mass is 413 g/mol. The van der Waals surface area contributed by atoms with Crippen LogP contribution in [0.25, 0.3) is 0 Å². The summed E-state index contributed by atoms with van der Waals surface area (Å²) in [4.78, 5) is 37.9. The zero-order chi connectivity index (χ0) is 20.9. The molecule has 0 spiro atoms. The summed E-state index contributed by atoms with van der Waals surface area (Å²) in [5, 5.41) is 9.10. The summed E-state index contributed by atoms with van der Waals surface area (Å²) in [5.74, 6) is 0.324. The van der Waals surface area contributed by atoms with Gasteiger partial charge in [0, 0.05) is 12.5 Å². The molecule has 1 saturated carbocycles. The molecule has 1 aromatic rings. The van der Waals surface area contributed by atoms with Crippen LogP contribution in [-0.4, -0.2) is 49.4 Å². The van der Waals surface area contributed by atoms with Crippen molar-refractivity contribution in [3.63, 3.8) is 0 Å². The van der Waals surface area contributed by atoms with Gasteiger partial charge in [-0.25, -0.2) is 0 Å². The minimum Gasteiger partial charge on any atom is -0.369 e. The van der Waals surface area contributed by atoms with Crippen molar-refractivity contribution in [2.75, 3.05) is 19.7 Å². The summed E-state index contributed by atoms with van der Waals surface area (Å²) >= 11 is 0. The van der Waals surface area contributed by atoms with E-state index in [1.165, 1.54) is 12.8 Å². The molecule has 3 N–H and O–H groups in total. The van der Waals surface area contributed by atoms with Crippen LogP contribution in [0.1, 0.15) is 37.7 Å². The van der Waals surface area contributed by atoms with Gasteiger partial charge in [-0.15, -0.1) is 0 Å². The molecule has 0 radical (unpaired) electrons. The fraction of sp³-hybridized carbons (Fsp3) is 0.609. The van der Waals surface area contributed by atoms with Crippen LogP contribution in [0, 0.1) is 17.8 Å². The number of ether oxygens (including phenoxy) is 1. The molecule has 162 valence electrons. The van der Waals surface area contributed by atoms with Crippen molar-refractivity contribution in [3.05, 3.63) is 35.9 Å². The van der Waals surface area contributed by atoms with Crippen LogP contribution in [0.15, 0.2) is 30.3 Å². The van der Waals surface area contributed by atoms with Gasteiger partial charge in [0.15, 0.2) is 5.78 Å². The van der Waals surface area contributed by atoms with Crippen LogP contribution in [0.5, 0.6) is 0 Å². The molecule has 0 bridgehead atoms. The number of nitrogens with one attached hydrogen (secondary N) is 3. The molecule has 5 atom stereocenters. The Morgan fingerprint density at radius 3 is 2.77 bits per heavy atom. The largest absolute Gasteiger partial charge is 0.369 e. The number of amides is 2. The fourth-order valence-electron chi connectivity index (χ4n) is 5.11. The Morgan fingerprint density at radius 1 is 1.17 bits per heavy atom. The van der Waals surface area contributed by atoms with Gasteiger partial charge in [0.05, 0.1) is 18.7 Å². The van der Waals surface area contributed by atoms with Gasteiger partial charge >= 0.3 is 0 Å². The number of rotatable bonds is 9. The number of hydrogen-bond acceptors (Lipinski definition) is 5. The molecule has 1 aromatic carbocycles. The molecule has 7 heteroatoms. The Bertz CT molecular complexity index is 769. The maximum atomic E-state index is 13.0. The summed E-state index contributed by atoms with van der Waals surface area (Å²) in [6.45, 7) is 1.74. The van der Waals surface area contributed by atoms with Gasteiger partial charge in [-0.05, 0) is 49.6 Å². The van der Waals surface area contributed by atoms with E-state index in [1.54, 1.807) is 0 Å². The lowest BCUT2D eigenvalue weighted by molar-refractivity contribution is -0.133. The van der Waals surface area contributed by atoms with Gasteiger partial charge in [-0.2, -0.15) is 0 Å². The highest BCUT2D eigenvalue weighted by molar-refractivity contribution is 5.92. The molecule has 3 aliphatic rings. The van der Waals surface area contributed by atoms with Crippen LogP contribution >= 0.6 is 0 Å². The number of fused-ring (bicyclic) bond motifs is 1. The highest BCUT2D eigenvalue weighted by Gasteiger charge is 2.43. The second-order valence-corrected chi connectivity index (χ2v) is 8.76. The minimum atomic E-state index is -0.704. The van der Waals surface area contributed by atoms with E-state index in [1.807, 2.05) is 30.3 Å². The van der Waals surface area contributed by atoms with Crippen LogP contribution < -0.4 is 16.0 Å². The smallest absolute Gasteiger partial charge is 0.238 e. The van der Waals surface area contributed by atoms with Crippen LogP contribution in [0.2, 0.25) is 0 Å². The van der Waals surface area contributed by atoms with Crippen LogP contribution in [0.4, 0.5) is 0 Å². The molecular formula is C23H31N3O4. The summed E-state index contributed by atoms with van der Waals surface area (Å²) in [6, 6.07) is 8.71. The fourth-order valence-corrected chi connectivity index (χ4v) is 5.11. The van der Waals surface area contributed by atoms with Crippen molar-refractivity contribution in [1.29, 1.82) is 0 Å². The Kier molecular flexibility index (Phi) is 6.79. The van der Waals surface area contributed by atoms with Crippen molar-refractivity contribution in [1.82, 2.24) is 16.0 Å². The van der Waals surface area contributed by atoms with Crippen molar-refractivity contribution in [3.8, 4) is 0 Å². The van der Waals surface area contributed by atoms with Gasteiger partial charge < -0.3 is 20.7 Å². The molecule has 2 aliphatic heterocycles. The molecule has 4 rings (SSSR count). The topological polar surface area (TPSA) is 96.5 Å². The lowest BCUT2D eigenvalue weighted by Crippen LogP contribution is -2.51. The lowest BCUT2D eigenvalue weighted by Gasteiger charge is -2.24. The average Bonchev–Trinajstić information content (AvgIpc) is 3.46. The first-order chi connectivity index (χ1) is 14.6. The first-order valence-electron chi connectivity index (χ1n) is 11.1. The number of ketones is 1. The predicted octanol–water partition coefficient (Wildman–Crippen LogP) is 1.17. The van der Waals surface area contributed by atoms with Gasteiger partial charge in [0.25, 0.3) is 0 Å². The van der Waals surface area contributed by atoms with Crippen molar-refractivity contribution in [2.24, 2.45) is 17.8 Å². The molecule has 2 amide bonds. The molecule has 2 saturated heterocycles. The zero-order valence-corrected chi connectivity index (χ0v) is 17.3. The summed E-state index contributed by atoms with van der Waals surface area (Å²) in [5.41, 5.74) is 0.989. The van der Waals surface area contributed by atoms with Gasteiger partial charge in [-0.1, -0.05) is 36.8 Å². The maximum absolute atomic E-state index is 13.0. The van der Waals surface area contributed by atoms with E-state index in [-0.39, 0.29) is 36.2 Å². The number of carbonyl (C=O) groups is 3. The molecular weight excluding hydrogens is 382 g/mol. The van der Waals surface area contributed by atoms with Gasteiger partial charge in [-0.3, -0.25) is 14.4 Å². The second-order valence-electron chi connectivity index (χ2n) is 8.76. The Labute approximate surface area is 177 Å². The first kappa shape index (κ1) is 21.0. The Morgan fingerprint density at radius 2 is 2.00 bits per heavy atom. The lowest BCUT2D eigenvalue weighted by atomic mass is 9.92. The number of Topliss-reactive ketones (excluding diaryl/α,β-unsaturated/α-hetero) is 1. The standard InChI is InChI=1S/C23H31N3O4/c27-20(14-30-13-15-5-2-1-3-6-15)19(11-16-9-10-24-22(16)28)26-23(29)21-18-8-4-7-17(18)12-25-21/h1-3,5-6,16-19,21,25H,4,7-14H2,(H,24,28)(H,26,29)/t16-,17?,18?,19-,21?/m0/s1. The SMILES string of the molecule is O=C(N[C@@H](C[C@@H]1CCNC1=O)C(=O)COCc1ccccc1)C1NCC2CCCC21. The molecule has 7 nitrogen and oxygen atoms in total. The third kappa shape index (κ3) is 4.90. The quantitative estimate of drug-likeness (QED) is 0.565. The van der Waals surface area contributed by atoms with Crippen molar-refractivity contribution < 1.29 is 19.1 Å². The minimum absolute atomic E-state index is 0.0397. The van der Waals surface area contributed by atoms with Gasteiger partial charge in [0.2, 0.25) is 11.8 Å². The Hall–Kier alpha value is -2.25. The van der Waals surface area contributed by atoms with E-state index in [0.717, 1.165) is 18.5 Å². The molecule has 30 heavy (non-hydrogen) atoms. The van der Waals surface area contributed by atoms with Crippen LogP contribution in [-0.2, 0) is 25.7 Å². The summed E-state index contributed by atoms with van der Waals surface area (Å²) < 4.78 is 5.61. The average molecular weight is 414 g/mol. The summed E-state index contributed by atoms with van der Waals surface area (Å²) in [6.07, 6.45) is 4.40. The van der Waals surface area contributed by atoms with Crippen molar-refractivity contribution in [2.45, 2.75) is 50.8 Å². The molecule has 0 aromatic heterocycles. The highest BCUT2D eigenvalue weighted by atomic mass is 16.5. The van der Waals surface area contributed by atoms with Crippen molar-refractivity contribution >= 4 is 17.6 Å². The molecule has 1 aliphatic carbocycles. The normalized spacial score (nSPS) is 28.7. The van der Waals surface area contributed by atoms with E-state index >= 15 is 0 Å². The number of hydrogen-bond donors (Lipinski definition) is 3. The third-order valence-corrected chi connectivity index (χ3v) is 6.77. The molecule has 3 unspecified atom stereocenters. The first-order valence-corrected chi connectivity index (χ1v) is 11.1. The third-order valence-electron chi connectivity index (χ3n) is 6.77. The predicted molar refractivity (Wildman–Crippen MR) is 111 cm³/mol. The van der Waals surface area contributed by atoms with Crippen LogP contribution in [0.3, 0.4) is 0 Å². The maximum Gasteiger partial charge on any atom is 0.238 e. The second kappa shape index (κ2) is 9.71. The van der Waals surface area contributed by atoms with E-state index < -0.39 is 6.04 Å². The number of benzene rings is 1. The number of carbonyl (C=O) groups excluding carboxylic acids is 3. The highest BCUT2D eigenvalue weighted by Crippen LogP contribution is 2.37. The molecule has 2 heterocycles. The zero-order valence-electron chi connectivity index (χ0n) is 17.3. The summed E-state index contributed by atoms with van der Waals surface area (Å²) in [7, 11) is 0. The van der Waals surface area contributed by atoms with E-state index in [2.05, 4.69) is 16.0 Å².